The Morgan fingerprint density at radius 2 is 2.00 bits per heavy atom. The summed E-state index contributed by atoms with van der Waals surface area (Å²) in [5, 5.41) is 0. The lowest BCUT2D eigenvalue weighted by atomic mass is 10.1. The highest BCUT2D eigenvalue weighted by atomic mass is 19.2. The minimum absolute atomic E-state index is 0.000463. The van der Waals surface area contributed by atoms with Crippen LogP contribution in [0.2, 0.25) is 0 Å². The van der Waals surface area contributed by atoms with Gasteiger partial charge in [0.05, 0.1) is 0 Å². The number of rotatable bonds is 2. The molecule has 1 atom stereocenters. The molecule has 0 aliphatic carbocycles. The average molecular weight is 189 g/mol. The van der Waals surface area contributed by atoms with Crippen LogP contribution in [0.25, 0.3) is 0 Å². The van der Waals surface area contributed by atoms with Gasteiger partial charge in [-0.15, -0.1) is 0 Å². The molecular weight excluding hydrogens is 179 g/mol. The Morgan fingerprint density at radius 1 is 1.38 bits per heavy atom. The zero-order valence-electron chi connectivity index (χ0n) is 7.15. The SMILES string of the molecule is CC(F)c1cc(F)c(F)c(CN)c1. The van der Waals surface area contributed by atoms with Crippen molar-refractivity contribution in [1.29, 1.82) is 0 Å². The van der Waals surface area contributed by atoms with Gasteiger partial charge in [0.15, 0.2) is 11.6 Å². The lowest BCUT2D eigenvalue weighted by Crippen LogP contribution is -2.04. The highest BCUT2D eigenvalue weighted by molar-refractivity contribution is 5.27. The summed E-state index contributed by atoms with van der Waals surface area (Å²) >= 11 is 0. The molecule has 1 aromatic carbocycles. The summed E-state index contributed by atoms with van der Waals surface area (Å²) in [6.07, 6.45) is -1.32. The first kappa shape index (κ1) is 10.1. The summed E-state index contributed by atoms with van der Waals surface area (Å²) in [6.45, 7) is 1.12. The van der Waals surface area contributed by atoms with Gasteiger partial charge in [-0.2, -0.15) is 0 Å². The molecule has 1 aromatic rings. The molecule has 1 nitrogen and oxygen atoms in total. The lowest BCUT2D eigenvalue weighted by Gasteiger charge is -2.06. The molecule has 0 amide bonds. The van der Waals surface area contributed by atoms with Gasteiger partial charge in [-0.05, 0) is 24.6 Å². The van der Waals surface area contributed by atoms with Gasteiger partial charge in [0, 0.05) is 12.1 Å². The van der Waals surface area contributed by atoms with Crippen LogP contribution in [-0.2, 0) is 6.54 Å². The van der Waals surface area contributed by atoms with Crippen molar-refractivity contribution in [2.75, 3.05) is 0 Å². The van der Waals surface area contributed by atoms with Gasteiger partial charge in [0.25, 0.3) is 0 Å². The van der Waals surface area contributed by atoms with E-state index in [1.165, 1.54) is 13.0 Å². The van der Waals surface area contributed by atoms with Crippen molar-refractivity contribution >= 4 is 0 Å². The van der Waals surface area contributed by atoms with E-state index in [1.807, 2.05) is 0 Å². The van der Waals surface area contributed by atoms with Gasteiger partial charge in [0.2, 0.25) is 0 Å². The van der Waals surface area contributed by atoms with E-state index in [2.05, 4.69) is 0 Å². The Hall–Kier alpha value is -1.03. The van der Waals surface area contributed by atoms with Crippen LogP contribution in [-0.4, -0.2) is 0 Å². The molecule has 0 saturated heterocycles. The van der Waals surface area contributed by atoms with Crippen molar-refractivity contribution in [3.05, 3.63) is 34.9 Å². The van der Waals surface area contributed by atoms with E-state index in [0.717, 1.165) is 6.07 Å². The molecule has 0 spiro atoms. The Bertz CT molecular complexity index is 310. The fourth-order valence-electron chi connectivity index (χ4n) is 1.05. The predicted octanol–water partition coefficient (Wildman–Crippen LogP) is 2.45. The molecule has 72 valence electrons. The van der Waals surface area contributed by atoms with E-state index >= 15 is 0 Å². The summed E-state index contributed by atoms with van der Waals surface area (Å²) in [6, 6.07) is 2.09. The maximum atomic E-state index is 12.9. The molecule has 4 heteroatoms. The molecule has 1 rings (SSSR count). The molecule has 1 unspecified atom stereocenters. The minimum Gasteiger partial charge on any atom is -0.326 e. The van der Waals surface area contributed by atoms with Crippen LogP contribution in [0.1, 0.15) is 24.2 Å². The van der Waals surface area contributed by atoms with Crippen molar-refractivity contribution in [1.82, 2.24) is 0 Å². The number of hydrogen-bond donors (Lipinski definition) is 1. The van der Waals surface area contributed by atoms with Gasteiger partial charge in [-0.3, -0.25) is 0 Å². The molecule has 0 fully saturated rings. The van der Waals surface area contributed by atoms with E-state index < -0.39 is 17.8 Å². The van der Waals surface area contributed by atoms with E-state index in [4.69, 9.17) is 5.73 Å². The minimum atomic E-state index is -1.32. The molecule has 0 bridgehead atoms. The quantitative estimate of drug-likeness (QED) is 0.759. The van der Waals surface area contributed by atoms with Gasteiger partial charge in [0.1, 0.15) is 6.17 Å². The Morgan fingerprint density at radius 3 is 2.46 bits per heavy atom. The fraction of sp³-hybridized carbons (Fsp3) is 0.333. The third-order valence-electron chi connectivity index (χ3n) is 1.81. The zero-order chi connectivity index (χ0) is 10.0. The number of hydrogen-bond acceptors (Lipinski definition) is 1. The van der Waals surface area contributed by atoms with E-state index in [1.54, 1.807) is 0 Å². The van der Waals surface area contributed by atoms with E-state index in [9.17, 15) is 13.2 Å². The zero-order valence-corrected chi connectivity index (χ0v) is 7.15. The number of benzene rings is 1. The van der Waals surface area contributed by atoms with Gasteiger partial charge in [-0.1, -0.05) is 0 Å². The van der Waals surface area contributed by atoms with Gasteiger partial charge in [-0.25, -0.2) is 13.2 Å². The lowest BCUT2D eigenvalue weighted by molar-refractivity contribution is 0.370. The average Bonchev–Trinajstić information content (AvgIpc) is 2.09. The summed E-state index contributed by atoms with van der Waals surface area (Å²) in [4.78, 5) is 0. The fourth-order valence-corrected chi connectivity index (χ4v) is 1.05. The highest BCUT2D eigenvalue weighted by Gasteiger charge is 2.12. The van der Waals surface area contributed by atoms with Gasteiger partial charge >= 0.3 is 0 Å². The van der Waals surface area contributed by atoms with Crippen LogP contribution in [0.15, 0.2) is 12.1 Å². The Balaban J connectivity index is 3.22. The van der Waals surface area contributed by atoms with Crippen LogP contribution in [0.5, 0.6) is 0 Å². The van der Waals surface area contributed by atoms with Crippen LogP contribution in [0.4, 0.5) is 13.2 Å². The second kappa shape index (κ2) is 3.79. The summed E-state index contributed by atoms with van der Waals surface area (Å²) in [5.74, 6) is -2.05. The molecule has 0 saturated carbocycles. The standard InChI is InChI=1S/C9H10F3N/c1-5(10)6-2-7(4-13)9(12)8(11)3-6/h2-3,5H,4,13H2,1H3. The molecule has 13 heavy (non-hydrogen) atoms. The maximum absolute atomic E-state index is 12.9. The molecule has 0 aliphatic rings. The van der Waals surface area contributed by atoms with Gasteiger partial charge < -0.3 is 5.73 Å². The molecule has 0 aromatic heterocycles. The van der Waals surface area contributed by atoms with Crippen molar-refractivity contribution in [3.63, 3.8) is 0 Å². The van der Waals surface area contributed by atoms with E-state index in [0.29, 0.717) is 0 Å². The molecule has 0 heterocycles. The summed E-state index contributed by atoms with van der Waals surface area (Å²) < 4.78 is 38.4. The molecule has 2 N–H and O–H groups in total. The third kappa shape index (κ3) is 2.01. The van der Waals surface area contributed by atoms with Crippen LogP contribution < -0.4 is 5.73 Å². The smallest absolute Gasteiger partial charge is 0.163 e. The summed E-state index contributed by atoms with van der Waals surface area (Å²) in [5.41, 5.74) is 5.27. The third-order valence-corrected chi connectivity index (χ3v) is 1.81. The monoisotopic (exact) mass is 189 g/mol. The van der Waals surface area contributed by atoms with Crippen molar-refractivity contribution in [2.45, 2.75) is 19.6 Å². The first-order chi connectivity index (χ1) is 6.06. The van der Waals surface area contributed by atoms with Crippen molar-refractivity contribution in [2.24, 2.45) is 5.73 Å². The Labute approximate surface area is 74.4 Å². The molecular formula is C9H10F3N. The van der Waals surface area contributed by atoms with Crippen LogP contribution >= 0.6 is 0 Å². The van der Waals surface area contributed by atoms with E-state index in [-0.39, 0.29) is 17.7 Å². The topological polar surface area (TPSA) is 26.0 Å². The van der Waals surface area contributed by atoms with Crippen molar-refractivity contribution < 1.29 is 13.2 Å². The second-order valence-corrected chi connectivity index (χ2v) is 2.80. The molecule has 0 radical (unpaired) electrons. The number of halogens is 3. The largest absolute Gasteiger partial charge is 0.326 e. The first-order valence-corrected chi connectivity index (χ1v) is 3.88. The second-order valence-electron chi connectivity index (χ2n) is 2.80. The van der Waals surface area contributed by atoms with Crippen molar-refractivity contribution in [3.8, 4) is 0 Å². The predicted molar refractivity (Wildman–Crippen MR) is 43.8 cm³/mol. The van der Waals surface area contributed by atoms with Crippen LogP contribution in [0, 0.1) is 11.6 Å². The normalized spacial score (nSPS) is 13.0. The number of nitrogens with two attached hydrogens (primary N) is 1. The summed E-state index contributed by atoms with van der Waals surface area (Å²) in [7, 11) is 0. The molecule has 0 aliphatic heterocycles. The van der Waals surface area contributed by atoms with Crippen LogP contribution in [0.3, 0.4) is 0 Å². The number of alkyl halides is 1. The Kier molecular flexibility index (Phi) is 2.93. The highest BCUT2D eigenvalue weighted by Crippen LogP contribution is 2.21. The first-order valence-electron chi connectivity index (χ1n) is 3.88. The maximum Gasteiger partial charge on any atom is 0.163 e.